The minimum Gasteiger partial charge on any atom is -0.378 e. The van der Waals surface area contributed by atoms with Crippen molar-refractivity contribution in [3.63, 3.8) is 0 Å². The van der Waals surface area contributed by atoms with Crippen LogP contribution in [0.25, 0.3) is 11.4 Å². The highest BCUT2D eigenvalue weighted by atomic mass is 32.2. The molecule has 1 aliphatic heterocycles. The average molecular weight is 469 g/mol. The summed E-state index contributed by atoms with van der Waals surface area (Å²) < 4.78 is 55.8. The third-order valence-corrected chi connectivity index (χ3v) is 6.89. The molecule has 0 bridgehead atoms. The number of ether oxygens (including phenoxy) is 1. The highest BCUT2D eigenvalue weighted by molar-refractivity contribution is 7.92. The summed E-state index contributed by atoms with van der Waals surface area (Å²) in [6.45, 7) is 4.41. The molecule has 0 aliphatic carbocycles. The number of morpholine rings is 1. The molecule has 0 atom stereocenters. The fraction of sp³-hybridized carbons (Fsp3) is 0.500. The van der Waals surface area contributed by atoms with Gasteiger partial charge in [-0.2, -0.15) is 0 Å². The maximum Gasteiger partial charge on any atom is 0.232 e. The van der Waals surface area contributed by atoms with Crippen molar-refractivity contribution in [2.24, 2.45) is 0 Å². The van der Waals surface area contributed by atoms with Gasteiger partial charge in [0, 0.05) is 36.7 Å². The van der Waals surface area contributed by atoms with E-state index >= 15 is 0 Å². The highest BCUT2D eigenvalue weighted by Gasteiger charge is 2.18. The van der Waals surface area contributed by atoms with Crippen LogP contribution >= 0.6 is 0 Å². The lowest BCUT2D eigenvalue weighted by Crippen LogP contribution is -2.37. The summed E-state index contributed by atoms with van der Waals surface area (Å²) >= 11 is 0. The van der Waals surface area contributed by atoms with Crippen molar-refractivity contribution in [1.29, 1.82) is 0 Å². The number of aromatic nitrogens is 2. The summed E-state index contributed by atoms with van der Waals surface area (Å²) in [6.07, 6.45) is 2.56. The smallest absolute Gasteiger partial charge is 0.232 e. The van der Waals surface area contributed by atoms with E-state index in [0.717, 1.165) is 6.42 Å². The lowest BCUT2D eigenvalue weighted by Gasteiger charge is -2.28. The van der Waals surface area contributed by atoms with Crippen molar-refractivity contribution in [3.8, 4) is 11.4 Å². The Morgan fingerprint density at radius 3 is 2.35 bits per heavy atom. The first kappa shape index (κ1) is 23.4. The summed E-state index contributed by atoms with van der Waals surface area (Å²) in [7, 11) is -6.66. The number of hydrogen-bond acceptors (Lipinski definition) is 8. The molecular weight excluding hydrogens is 440 g/mol. The van der Waals surface area contributed by atoms with Gasteiger partial charge in [-0.25, -0.2) is 26.8 Å². The first-order chi connectivity index (χ1) is 14.6. The molecule has 9 nitrogen and oxygen atoms in total. The second-order valence-corrected chi connectivity index (χ2v) is 11.5. The molecule has 3 rings (SSSR count). The molecule has 11 heteroatoms. The second-order valence-electron chi connectivity index (χ2n) is 7.56. The number of anilines is 2. The standard InChI is InChI=1S/C20H28N4O5S2/c1-3-4-13-31(27,28)23-17-7-5-16(6-8-17)20-21-18(15-30(2,25)26)14-19(22-20)24-9-11-29-12-10-24/h5-8,14,23H,3-4,9-13,15H2,1-2H3. The van der Waals surface area contributed by atoms with Gasteiger partial charge in [-0.15, -0.1) is 0 Å². The number of nitrogens with one attached hydrogen (secondary N) is 1. The first-order valence-corrected chi connectivity index (χ1v) is 13.9. The minimum atomic E-state index is -3.39. The molecule has 0 radical (unpaired) electrons. The largest absolute Gasteiger partial charge is 0.378 e. The third-order valence-electron chi connectivity index (χ3n) is 4.69. The second kappa shape index (κ2) is 9.92. The van der Waals surface area contributed by atoms with Crippen molar-refractivity contribution < 1.29 is 21.6 Å². The Morgan fingerprint density at radius 1 is 1.06 bits per heavy atom. The summed E-state index contributed by atoms with van der Waals surface area (Å²) in [5.74, 6) is 0.930. The quantitative estimate of drug-likeness (QED) is 0.594. The van der Waals surface area contributed by atoms with Crippen LogP contribution in [0, 0.1) is 0 Å². The Bertz CT molecular complexity index is 1100. The van der Waals surface area contributed by atoms with Gasteiger partial charge in [-0.1, -0.05) is 13.3 Å². The van der Waals surface area contributed by atoms with Crippen LogP contribution in [0.4, 0.5) is 11.5 Å². The van der Waals surface area contributed by atoms with Crippen molar-refractivity contribution in [2.45, 2.75) is 25.5 Å². The highest BCUT2D eigenvalue weighted by Crippen LogP contribution is 2.24. The first-order valence-electron chi connectivity index (χ1n) is 10.1. The molecule has 0 unspecified atom stereocenters. The zero-order valence-electron chi connectivity index (χ0n) is 17.7. The van der Waals surface area contributed by atoms with Gasteiger partial charge in [0.2, 0.25) is 10.0 Å². The van der Waals surface area contributed by atoms with Crippen LogP contribution < -0.4 is 9.62 Å². The van der Waals surface area contributed by atoms with E-state index in [0.29, 0.717) is 61.3 Å². The van der Waals surface area contributed by atoms with Gasteiger partial charge in [0.1, 0.15) is 5.82 Å². The molecule has 1 aliphatic rings. The van der Waals surface area contributed by atoms with E-state index < -0.39 is 19.9 Å². The van der Waals surface area contributed by atoms with Gasteiger partial charge in [0.25, 0.3) is 0 Å². The Balaban J connectivity index is 1.88. The Morgan fingerprint density at radius 2 is 1.74 bits per heavy atom. The molecular formula is C20H28N4O5S2. The average Bonchev–Trinajstić information content (AvgIpc) is 2.72. The number of sulfone groups is 1. The summed E-state index contributed by atoms with van der Waals surface area (Å²) in [6, 6.07) is 8.45. The van der Waals surface area contributed by atoms with Crippen LogP contribution in [0.5, 0.6) is 0 Å². The van der Waals surface area contributed by atoms with E-state index in [1.165, 1.54) is 6.26 Å². The van der Waals surface area contributed by atoms with Gasteiger partial charge >= 0.3 is 0 Å². The zero-order chi connectivity index (χ0) is 22.5. The van der Waals surface area contributed by atoms with Gasteiger partial charge in [-0.05, 0) is 30.7 Å². The lowest BCUT2D eigenvalue weighted by atomic mass is 10.2. The van der Waals surface area contributed by atoms with Crippen LogP contribution in [0.2, 0.25) is 0 Å². The number of nitrogens with zero attached hydrogens (tertiary/aromatic N) is 3. The fourth-order valence-corrected chi connectivity index (χ4v) is 5.11. The molecule has 0 spiro atoms. The zero-order valence-corrected chi connectivity index (χ0v) is 19.4. The molecule has 170 valence electrons. The molecule has 0 saturated carbocycles. The van der Waals surface area contributed by atoms with Crippen LogP contribution in [0.1, 0.15) is 25.5 Å². The Hall–Kier alpha value is -2.24. The summed E-state index contributed by atoms with van der Waals surface area (Å²) in [5, 5.41) is 0. The molecule has 1 N–H and O–H groups in total. The number of rotatable bonds is 9. The fourth-order valence-electron chi connectivity index (χ4n) is 3.16. The number of benzene rings is 1. The third kappa shape index (κ3) is 7.15. The van der Waals surface area contributed by atoms with Crippen LogP contribution in [0.15, 0.2) is 30.3 Å². The van der Waals surface area contributed by atoms with E-state index in [-0.39, 0.29) is 11.5 Å². The number of hydrogen-bond donors (Lipinski definition) is 1. The molecule has 1 aromatic carbocycles. The SMILES string of the molecule is CCCCS(=O)(=O)Nc1ccc(-c2nc(CS(C)(=O)=O)cc(N3CCOCC3)n2)cc1. The summed E-state index contributed by atoms with van der Waals surface area (Å²) in [5.41, 5.74) is 1.54. The van der Waals surface area contributed by atoms with Crippen LogP contribution in [-0.2, 0) is 30.4 Å². The van der Waals surface area contributed by atoms with Gasteiger partial charge in [-0.3, -0.25) is 4.72 Å². The Labute approximate surface area is 183 Å². The molecule has 0 amide bonds. The lowest BCUT2D eigenvalue weighted by molar-refractivity contribution is 0.122. The van der Waals surface area contributed by atoms with E-state index in [1.54, 1.807) is 30.3 Å². The maximum atomic E-state index is 12.1. The number of sulfonamides is 1. The van der Waals surface area contributed by atoms with Crippen LogP contribution in [0.3, 0.4) is 0 Å². The molecule has 2 heterocycles. The van der Waals surface area contributed by atoms with E-state index in [1.807, 2.05) is 11.8 Å². The van der Waals surface area contributed by atoms with E-state index in [2.05, 4.69) is 14.7 Å². The van der Waals surface area contributed by atoms with Gasteiger partial charge in [0.05, 0.1) is 30.4 Å². The van der Waals surface area contributed by atoms with Crippen molar-refractivity contribution >= 4 is 31.4 Å². The molecule has 31 heavy (non-hydrogen) atoms. The van der Waals surface area contributed by atoms with Crippen molar-refractivity contribution in [3.05, 3.63) is 36.0 Å². The van der Waals surface area contributed by atoms with Gasteiger partial charge in [0.15, 0.2) is 15.7 Å². The predicted molar refractivity (Wildman–Crippen MR) is 121 cm³/mol. The van der Waals surface area contributed by atoms with E-state index in [9.17, 15) is 16.8 Å². The van der Waals surface area contributed by atoms with Crippen LogP contribution in [-0.4, -0.2) is 65.1 Å². The topological polar surface area (TPSA) is 119 Å². The van der Waals surface area contributed by atoms with Gasteiger partial charge < -0.3 is 9.64 Å². The van der Waals surface area contributed by atoms with Crippen molar-refractivity contribution in [1.82, 2.24) is 9.97 Å². The normalized spacial score (nSPS) is 15.1. The molecule has 1 saturated heterocycles. The van der Waals surface area contributed by atoms with Crippen molar-refractivity contribution in [2.75, 3.05) is 47.9 Å². The number of unbranched alkanes of at least 4 members (excludes halogenated alkanes) is 1. The van der Waals surface area contributed by atoms with E-state index in [4.69, 9.17) is 4.74 Å². The molecule has 2 aromatic rings. The monoisotopic (exact) mass is 468 g/mol. The summed E-state index contributed by atoms with van der Waals surface area (Å²) in [4.78, 5) is 11.1. The Kier molecular flexibility index (Phi) is 7.50. The minimum absolute atomic E-state index is 0.0742. The predicted octanol–water partition coefficient (Wildman–Crippen LogP) is 2.07. The molecule has 1 fully saturated rings. The maximum absolute atomic E-state index is 12.1. The molecule has 1 aromatic heterocycles.